The van der Waals surface area contributed by atoms with Crippen LogP contribution in [-0.4, -0.2) is 16.1 Å². The normalized spacial score (nSPS) is 15.2. The summed E-state index contributed by atoms with van der Waals surface area (Å²) >= 11 is 0. The lowest BCUT2D eigenvalue weighted by molar-refractivity contribution is -0.137. The number of imidazole rings is 1. The molecule has 0 saturated heterocycles. The first-order chi connectivity index (χ1) is 9.45. The van der Waals surface area contributed by atoms with E-state index in [-0.39, 0.29) is 11.4 Å². The molecule has 2 aromatic rings. The first-order valence-corrected chi connectivity index (χ1v) is 6.17. The van der Waals surface area contributed by atoms with Gasteiger partial charge < -0.3 is 15.2 Å². The van der Waals surface area contributed by atoms with E-state index in [1.165, 1.54) is 12.1 Å². The summed E-state index contributed by atoms with van der Waals surface area (Å²) in [5.41, 5.74) is 5.05. The Hall–Kier alpha value is -2.18. The van der Waals surface area contributed by atoms with Gasteiger partial charge in [0, 0.05) is 36.9 Å². The van der Waals surface area contributed by atoms with Crippen molar-refractivity contribution in [3.63, 3.8) is 0 Å². The minimum atomic E-state index is -4.42. The number of hydrogen-bond donors (Lipinski definition) is 1. The molecule has 3 rings (SSSR count). The molecule has 20 heavy (non-hydrogen) atoms. The van der Waals surface area contributed by atoms with Gasteiger partial charge in [0.25, 0.3) is 0 Å². The number of benzene rings is 1. The fourth-order valence-corrected chi connectivity index (χ4v) is 2.44. The molecule has 0 saturated carbocycles. The standard InChI is InChI=1S/C13H13F3N4/c14-13(15,16)10-7-9(17)1-2-11(10)20-6-5-19-4-3-18-12(19)8-20/h1-4,7H,5-6,8,17H2. The monoisotopic (exact) mass is 282 g/mol. The lowest BCUT2D eigenvalue weighted by Gasteiger charge is -2.31. The fourth-order valence-electron chi connectivity index (χ4n) is 2.44. The third-order valence-corrected chi connectivity index (χ3v) is 3.41. The maximum absolute atomic E-state index is 13.1. The van der Waals surface area contributed by atoms with Gasteiger partial charge in [0.05, 0.1) is 12.1 Å². The number of halogens is 3. The summed E-state index contributed by atoms with van der Waals surface area (Å²) in [6.45, 7) is 1.49. The zero-order valence-electron chi connectivity index (χ0n) is 10.6. The van der Waals surface area contributed by atoms with Crippen LogP contribution < -0.4 is 10.6 Å². The van der Waals surface area contributed by atoms with Crippen molar-refractivity contribution >= 4 is 11.4 Å². The molecule has 0 amide bonds. The SMILES string of the molecule is Nc1ccc(N2CCn3ccnc3C2)c(C(F)(F)F)c1. The van der Waals surface area contributed by atoms with E-state index in [1.54, 1.807) is 11.1 Å². The molecule has 0 spiro atoms. The minimum absolute atomic E-state index is 0.111. The van der Waals surface area contributed by atoms with Gasteiger partial charge in [0.1, 0.15) is 5.82 Å². The van der Waals surface area contributed by atoms with Gasteiger partial charge in [-0.1, -0.05) is 0 Å². The first-order valence-electron chi connectivity index (χ1n) is 6.17. The maximum Gasteiger partial charge on any atom is 0.418 e. The van der Waals surface area contributed by atoms with Crippen LogP contribution in [0.2, 0.25) is 0 Å². The predicted molar refractivity (Wildman–Crippen MR) is 69.1 cm³/mol. The molecule has 106 valence electrons. The number of alkyl halides is 3. The average molecular weight is 282 g/mol. The number of anilines is 2. The van der Waals surface area contributed by atoms with E-state index < -0.39 is 11.7 Å². The quantitative estimate of drug-likeness (QED) is 0.817. The second-order valence-corrected chi connectivity index (χ2v) is 4.73. The molecule has 0 fully saturated rings. The van der Waals surface area contributed by atoms with Crippen molar-refractivity contribution in [3.8, 4) is 0 Å². The van der Waals surface area contributed by atoms with E-state index in [0.29, 0.717) is 19.6 Å². The van der Waals surface area contributed by atoms with Gasteiger partial charge >= 0.3 is 6.18 Å². The highest BCUT2D eigenvalue weighted by atomic mass is 19.4. The average Bonchev–Trinajstić information content (AvgIpc) is 2.84. The topological polar surface area (TPSA) is 47.1 Å². The van der Waals surface area contributed by atoms with Crippen LogP contribution in [0.25, 0.3) is 0 Å². The van der Waals surface area contributed by atoms with Gasteiger partial charge in [-0.2, -0.15) is 13.2 Å². The van der Waals surface area contributed by atoms with Gasteiger partial charge in [-0.05, 0) is 18.2 Å². The van der Waals surface area contributed by atoms with E-state index >= 15 is 0 Å². The predicted octanol–water partition coefficient (Wildman–Crippen LogP) is 2.50. The first kappa shape index (κ1) is 12.8. The summed E-state index contributed by atoms with van der Waals surface area (Å²) in [5.74, 6) is 0.765. The van der Waals surface area contributed by atoms with Gasteiger partial charge in [0.2, 0.25) is 0 Å². The van der Waals surface area contributed by atoms with Crippen LogP contribution in [0.1, 0.15) is 11.4 Å². The number of nitrogens with two attached hydrogens (primary N) is 1. The van der Waals surface area contributed by atoms with Gasteiger partial charge in [-0.3, -0.25) is 0 Å². The molecule has 1 aliphatic heterocycles. The largest absolute Gasteiger partial charge is 0.418 e. The highest BCUT2D eigenvalue weighted by Crippen LogP contribution is 2.38. The van der Waals surface area contributed by atoms with Crippen molar-refractivity contribution in [1.82, 2.24) is 9.55 Å². The van der Waals surface area contributed by atoms with E-state index in [2.05, 4.69) is 4.98 Å². The zero-order chi connectivity index (χ0) is 14.3. The highest BCUT2D eigenvalue weighted by Gasteiger charge is 2.35. The maximum atomic E-state index is 13.1. The van der Waals surface area contributed by atoms with E-state index in [1.807, 2.05) is 10.8 Å². The molecular weight excluding hydrogens is 269 g/mol. The number of nitrogen functional groups attached to an aromatic ring is 1. The molecule has 2 N–H and O–H groups in total. The lowest BCUT2D eigenvalue weighted by atomic mass is 10.1. The van der Waals surface area contributed by atoms with Gasteiger partial charge in [-0.15, -0.1) is 0 Å². The summed E-state index contributed by atoms with van der Waals surface area (Å²) in [7, 11) is 0. The number of aromatic nitrogens is 2. The third kappa shape index (κ3) is 2.19. The molecular formula is C13H13F3N4. The Labute approximate surface area is 113 Å². The zero-order valence-corrected chi connectivity index (χ0v) is 10.6. The third-order valence-electron chi connectivity index (χ3n) is 3.41. The van der Waals surface area contributed by atoms with Crippen molar-refractivity contribution in [3.05, 3.63) is 42.0 Å². The van der Waals surface area contributed by atoms with Crippen molar-refractivity contribution in [2.75, 3.05) is 17.2 Å². The van der Waals surface area contributed by atoms with Crippen LogP contribution in [0.5, 0.6) is 0 Å². The summed E-state index contributed by atoms with van der Waals surface area (Å²) in [6, 6.07) is 3.90. The van der Waals surface area contributed by atoms with Crippen LogP contribution in [0.4, 0.5) is 24.5 Å². The molecule has 2 heterocycles. The number of rotatable bonds is 1. The molecule has 0 unspecified atom stereocenters. The fraction of sp³-hybridized carbons (Fsp3) is 0.308. The molecule has 1 aromatic heterocycles. The molecule has 0 bridgehead atoms. The van der Waals surface area contributed by atoms with Crippen LogP contribution >= 0.6 is 0 Å². The van der Waals surface area contributed by atoms with Crippen molar-refractivity contribution in [2.24, 2.45) is 0 Å². The second kappa shape index (κ2) is 4.43. The van der Waals surface area contributed by atoms with E-state index in [0.717, 1.165) is 11.9 Å². The van der Waals surface area contributed by atoms with Gasteiger partial charge in [0.15, 0.2) is 0 Å². The van der Waals surface area contributed by atoms with Crippen molar-refractivity contribution in [1.29, 1.82) is 0 Å². The Morgan fingerprint density at radius 1 is 1.20 bits per heavy atom. The van der Waals surface area contributed by atoms with Crippen LogP contribution in [-0.2, 0) is 19.3 Å². The van der Waals surface area contributed by atoms with Gasteiger partial charge in [-0.25, -0.2) is 4.98 Å². The summed E-state index contributed by atoms with van der Waals surface area (Å²) in [4.78, 5) is 5.84. The summed E-state index contributed by atoms with van der Waals surface area (Å²) in [5, 5.41) is 0. The summed E-state index contributed by atoms with van der Waals surface area (Å²) < 4.78 is 41.3. The number of hydrogen-bond acceptors (Lipinski definition) is 3. The molecule has 0 radical (unpaired) electrons. The Kier molecular flexibility index (Phi) is 2.84. The Morgan fingerprint density at radius 3 is 2.75 bits per heavy atom. The smallest absolute Gasteiger partial charge is 0.399 e. The molecule has 1 aromatic carbocycles. The van der Waals surface area contributed by atoms with Crippen LogP contribution in [0.3, 0.4) is 0 Å². The highest BCUT2D eigenvalue weighted by molar-refractivity contribution is 5.61. The molecule has 0 atom stereocenters. The van der Waals surface area contributed by atoms with Crippen molar-refractivity contribution in [2.45, 2.75) is 19.3 Å². The molecule has 0 aliphatic carbocycles. The minimum Gasteiger partial charge on any atom is -0.399 e. The Bertz CT molecular complexity index is 633. The van der Waals surface area contributed by atoms with Crippen LogP contribution in [0.15, 0.2) is 30.6 Å². The van der Waals surface area contributed by atoms with Crippen LogP contribution in [0, 0.1) is 0 Å². The Balaban J connectivity index is 1.99. The number of fused-ring (bicyclic) bond motifs is 1. The lowest BCUT2D eigenvalue weighted by Crippen LogP contribution is -2.34. The van der Waals surface area contributed by atoms with Crippen molar-refractivity contribution < 1.29 is 13.2 Å². The van der Waals surface area contributed by atoms with E-state index in [9.17, 15) is 13.2 Å². The second-order valence-electron chi connectivity index (χ2n) is 4.73. The number of nitrogens with zero attached hydrogens (tertiary/aromatic N) is 3. The molecule has 4 nitrogen and oxygen atoms in total. The molecule has 1 aliphatic rings. The Morgan fingerprint density at radius 2 is 2.00 bits per heavy atom. The van der Waals surface area contributed by atoms with E-state index in [4.69, 9.17) is 5.73 Å². The molecule has 7 heteroatoms. The summed E-state index contributed by atoms with van der Waals surface area (Å²) in [6.07, 6.45) is -0.926.